The number of imidazole rings is 1. The number of rotatable bonds is 4. The topological polar surface area (TPSA) is 53.6 Å². The molecule has 2 rings (SSSR count). The summed E-state index contributed by atoms with van der Waals surface area (Å²) in [6.07, 6.45) is 3.73. The second kappa shape index (κ2) is 5.56. The summed E-state index contributed by atoms with van der Waals surface area (Å²) in [4.78, 5) is 4.27. The van der Waals surface area contributed by atoms with E-state index in [1.807, 2.05) is 18.3 Å². The predicted octanol–water partition coefficient (Wildman–Crippen LogP) is 3.04. The molecule has 1 aromatic carbocycles. The number of anilines is 1. The van der Waals surface area contributed by atoms with Crippen molar-refractivity contribution >= 4 is 17.3 Å². The highest BCUT2D eigenvalue weighted by Gasteiger charge is 2.03. The van der Waals surface area contributed by atoms with E-state index in [1.165, 1.54) is 0 Å². The first-order valence-corrected chi connectivity index (χ1v) is 6.06. The molecule has 0 amide bonds. The molecule has 18 heavy (non-hydrogen) atoms. The fourth-order valence-corrected chi connectivity index (χ4v) is 1.91. The Labute approximate surface area is 111 Å². The maximum atomic E-state index is 8.79. The molecule has 0 saturated heterocycles. The van der Waals surface area contributed by atoms with Crippen LogP contribution in [0.1, 0.15) is 18.3 Å². The average molecular weight is 261 g/mol. The molecule has 4 nitrogen and oxygen atoms in total. The van der Waals surface area contributed by atoms with Gasteiger partial charge in [0.2, 0.25) is 0 Å². The van der Waals surface area contributed by atoms with E-state index in [0.717, 1.165) is 18.1 Å². The quantitative estimate of drug-likeness (QED) is 0.919. The van der Waals surface area contributed by atoms with Gasteiger partial charge >= 0.3 is 0 Å². The number of hydrogen-bond acceptors (Lipinski definition) is 3. The highest BCUT2D eigenvalue weighted by molar-refractivity contribution is 6.32. The van der Waals surface area contributed by atoms with Gasteiger partial charge in [0.25, 0.3) is 0 Å². The van der Waals surface area contributed by atoms with E-state index in [-0.39, 0.29) is 0 Å². The Morgan fingerprint density at radius 3 is 3.00 bits per heavy atom. The molecule has 0 aliphatic heterocycles. The normalized spacial score (nSPS) is 10.1. The summed E-state index contributed by atoms with van der Waals surface area (Å²) in [5.74, 6) is 0.970. The van der Waals surface area contributed by atoms with Crippen LogP contribution in [0.5, 0.6) is 0 Å². The summed E-state index contributed by atoms with van der Waals surface area (Å²) in [5.41, 5.74) is 1.36. The molecule has 0 radical (unpaired) electrons. The highest BCUT2D eigenvalue weighted by Crippen LogP contribution is 2.20. The van der Waals surface area contributed by atoms with Crippen molar-refractivity contribution < 1.29 is 0 Å². The Bertz CT molecular complexity index is 583. The minimum atomic E-state index is 0.460. The Morgan fingerprint density at radius 1 is 1.50 bits per heavy atom. The zero-order valence-electron chi connectivity index (χ0n) is 10.0. The van der Waals surface area contributed by atoms with Gasteiger partial charge in [-0.05, 0) is 25.1 Å². The molecule has 0 aliphatic rings. The molecular formula is C13H13ClN4. The number of aromatic nitrogens is 2. The van der Waals surface area contributed by atoms with E-state index in [2.05, 4.69) is 21.8 Å². The molecule has 0 unspecified atom stereocenters. The summed E-state index contributed by atoms with van der Waals surface area (Å²) in [5, 5.41) is 12.5. The fraction of sp³-hybridized carbons (Fsp3) is 0.231. The average Bonchev–Trinajstić information content (AvgIpc) is 2.84. The van der Waals surface area contributed by atoms with Crippen LogP contribution in [0.3, 0.4) is 0 Å². The molecule has 0 spiro atoms. The number of halogens is 1. The second-order valence-corrected chi connectivity index (χ2v) is 4.20. The van der Waals surface area contributed by atoms with Crippen LogP contribution in [-0.2, 0) is 13.1 Å². The zero-order valence-corrected chi connectivity index (χ0v) is 10.8. The molecule has 1 N–H and O–H groups in total. The monoisotopic (exact) mass is 260 g/mol. The molecule has 0 aliphatic carbocycles. The minimum absolute atomic E-state index is 0.460. The first-order valence-electron chi connectivity index (χ1n) is 5.68. The van der Waals surface area contributed by atoms with Crippen molar-refractivity contribution in [2.24, 2.45) is 0 Å². The lowest BCUT2D eigenvalue weighted by molar-refractivity contribution is 0.708. The Hall–Kier alpha value is -1.99. The lowest BCUT2D eigenvalue weighted by Crippen LogP contribution is -2.07. The van der Waals surface area contributed by atoms with E-state index in [4.69, 9.17) is 16.9 Å². The number of nitrogens with zero attached hydrogens (tertiary/aromatic N) is 3. The minimum Gasteiger partial charge on any atom is -0.378 e. The van der Waals surface area contributed by atoms with Gasteiger partial charge in [-0.25, -0.2) is 4.98 Å². The summed E-state index contributed by atoms with van der Waals surface area (Å²) < 4.78 is 2.07. The Morgan fingerprint density at radius 2 is 2.33 bits per heavy atom. The van der Waals surface area contributed by atoms with Crippen LogP contribution in [-0.4, -0.2) is 9.55 Å². The number of nitrogens with one attached hydrogen (secondary N) is 1. The summed E-state index contributed by atoms with van der Waals surface area (Å²) in [6, 6.07) is 7.33. The molecule has 1 aromatic heterocycles. The molecule has 0 fully saturated rings. The highest BCUT2D eigenvalue weighted by atomic mass is 35.5. The molecule has 0 saturated carbocycles. The van der Waals surface area contributed by atoms with Gasteiger partial charge in [-0.1, -0.05) is 11.6 Å². The molecule has 0 bridgehead atoms. The number of nitriles is 1. The fourth-order valence-electron chi connectivity index (χ4n) is 1.69. The van der Waals surface area contributed by atoms with Crippen LogP contribution >= 0.6 is 11.6 Å². The molecule has 2 aromatic rings. The van der Waals surface area contributed by atoms with Gasteiger partial charge in [-0.3, -0.25) is 0 Å². The van der Waals surface area contributed by atoms with Gasteiger partial charge in [0.05, 0.1) is 17.1 Å². The molecule has 5 heteroatoms. The van der Waals surface area contributed by atoms with Crippen molar-refractivity contribution in [3.8, 4) is 6.07 Å². The van der Waals surface area contributed by atoms with E-state index < -0.39 is 0 Å². The van der Waals surface area contributed by atoms with Crippen molar-refractivity contribution in [2.75, 3.05) is 5.32 Å². The third-order valence-corrected chi connectivity index (χ3v) is 3.00. The van der Waals surface area contributed by atoms with Gasteiger partial charge in [0.15, 0.2) is 0 Å². The molecule has 1 heterocycles. The predicted molar refractivity (Wildman–Crippen MR) is 71.4 cm³/mol. The van der Waals surface area contributed by atoms with Crippen LogP contribution in [0.15, 0.2) is 30.6 Å². The maximum Gasteiger partial charge on any atom is 0.128 e. The summed E-state index contributed by atoms with van der Waals surface area (Å²) in [6.45, 7) is 3.60. The first kappa shape index (κ1) is 12.5. The Balaban J connectivity index is 2.07. The van der Waals surface area contributed by atoms with Gasteiger partial charge in [0, 0.05) is 24.6 Å². The summed E-state index contributed by atoms with van der Waals surface area (Å²) >= 11 is 5.97. The van der Waals surface area contributed by atoms with E-state index in [9.17, 15) is 0 Å². The third-order valence-electron chi connectivity index (χ3n) is 2.68. The maximum absolute atomic E-state index is 8.79. The summed E-state index contributed by atoms with van der Waals surface area (Å²) in [7, 11) is 0. The number of aryl methyl sites for hydroxylation is 1. The van der Waals surface area contributed by atoms with Gasteiger partial charge in [-0.2, -0.15) is 5.26 Å². The molecular weight excluding hydrogens is 248 g/mol. The third kappa shape index (κ3) is 2.63. The van der Waals surface area contributed by atoms with Gasteiger partial charge < -0.3 is 9.88 Å². The standard InChI is InChI=1S/C13H13ClN4/c1-2-18-6-5-16-13(18)9-17-11-4-3-10(8-15)12(14)7-11/h3-7,17H,2,9H2,1H3. The van der Waals surface area contributed by atoms with Crippen LogP contribution < -0.4 is 5.32 Å². The van der Waals surface area contributed by atoms with Gasteiger partial charge in [-0.15, -0.1) is 0 Å². The van der Waals surface area contributed by atoms with Crippen LogP contribution in [0.2, 0.25) is 5.02 Å². The largest absolute Gasteiger partial charge is 0.378 e. The lowest BCUT2D eigenvalue weighted by atomic mass is 10.2. The molecule has 92 valence electrons. The SMILES string of the molecule is CCn1ccnc1CNc1ccc(C#N)c(Cl)c1. The van der Waals surface area contributed by atoms with Crippen molar-refractivity contribution in [2.45, 2.75) is 20.0 Å². The second-order valence-electron chi connectivity index (χ2n) is 3.79. The van der Waals surface area contributed by atoms with Crippen LogP contribution in [0.25, 0.3) is 0 Å². The van der Waals surface area contributed by atoms with Crippen molar-refractivity contribution in [3.05, 3.63) is 47.0 Å². The first-order chi connectivity index (χ1) is 8.74. The smallest absolute Gasteiger partial charge is 0.128 e. The van der Waals surface area contributed by atoms with Gasteiger partial charge in [0.1, 0.15) is 11.9 Å². The van der Waals surface area contributed by atoms with Crippen molar-refractivity contribution in [3.63, 3.8) is 0 Å². The zero-order chi connectivity index (χ0) is 13.0. The number of hydrogen-bond donors (Lipinski definition) is 1. The van der Waals surface area contributed by atoms with E-state index in [1.54, 1.807) is 18.3 Å². The van der Waals surface area contributed by atoms with Crippen molar-refractivity contribution in [1.82, 2.24) is 9.55 Å². The lowest BCUT2D eigenvalue weighted by Gasteiger charge is -2.08. The van der Waals surface area contributed by atoms with E-state index >= 15 is 0 Å². The van der Waals surface area contributed by atoms with Crippen molar-refractivity contribution in [1.29, 1.82) is 5.26 Å². The van der Waals surface area contributed by atoms with Crippen LogP contribution in [0.4, 0.5) is 5.69 Å². The van der Waals surface area contributed by atoms with E-state index in [0.29, 0.717) is 17.1 Å². The van der Waals surface area contributed by atoms with Crippen LogP contribution in [0, 0.1) is 11.3 Å². The Kier molecular flexibility index (Phi) is 3.85. The number of benzene rings is 1. The molecule has 0 atom stereocenters.